The first kappa shape index (κ1) is 20.2. The first-order valence-electron chi connectivity index (χ1n) is 9.93. The second-order valence-electron chi connectivity index (χ2n) is 7.74. The fourth-order valence-corrected chi connectivity index (χ4v) is 4.41. The molecule has 7 nitrogen and oxygen atoms in total. The number of benzene rings is 1. The highest BCUT2D eigenvalue weighted by Crippen LogP contribution is 2.33. The van der Waals surface area contributed by atoms with Crippen LogP contribution < -0.4 is 10.1 Å². The van der Waals surface area contributed by atoms with E-state index in [9.17, 15) is 14.4 Å². The molecule has 2 aliphatic heterocycles. The van der Waals surface area contributed by atoms with Crippen LogP contribution in [0, 0.1) is 0 Å². The Balaban J connectivity index is 1.82. The van der Waals surface area contributed by atoms with Gasteiger partial charge in [0.25, 0.3) is 5.91 Å². The average molecular weight is 387 g/mol. The van der Waals surface area contributed by atoms with Crippen molar-refractivity contribution in [2.75, 3.05) is 13.7 Å². The minimum Gasteiger partial charge on any atom is -0.497 e. The van der Waals surface area contributed by atoms with Gasteiger partial charge >= 0.3 is 6.03 Å². The molecular formula is C21H29N3O4. The summed E-state index contributed by atoms with van der Waals surface area (Å²) >= 11 is 0. The van der Waals surface area contributed by atoms with Crippen molar-refractivity contribution in [1.82, 2.24) is 15.1 Å². The molecule has 2 heterocycles. The first-order valence-corrected chi connectivity index (χ1v) is 9.93. The number of nitrogens with zero attached hydrogens (tertiary/aromatic N) is 2. The van der Waals surface area contributed by atoms with Gasteiger partial charge < -0.3 is 15.0 Å². The van der Waals surface area contributed by atoms with Crippen molar-refractivity contribution in [1.29, 1.82) is 0 Å². The van der Waals surface area contributed by atoms with E-state index in [0.29, 0.717) is 17.7 Å². The van der Waals surface area contributed by atoms with Crippen molar-refractivity contribution in [3.05, 3.63) is 29.8 Å². The van der Waals surface area contributed by atoms with E-state index in [1.807, 2.05) is 25.7 Å². The van der Waals surface area contributed by atoms with Crippen LogP contribution in [0.3, 0.4) is 0 Å². The molecule has 2 saturated heterocycles. The van der Waals surface area contributed by atoms with Crippen molar-refractivity contribution in [3.8, 4) is 5.75 Å². The maximum absolute atomic E-state index is 13.2. The second kappa shape index (κ2) is 7.81. The minimum absolute atomic E-state index is 0.120. The number of carbonyl (C=O) groups excluding carboxylic acids is 3. The highest BCUT2D eigenvalue weighted by molar-refractivity contribution is 6.09. The predicted octanol–water partition coefficient (Wildman–Crippen LogP) is 2.64. The lowest BCUT2D eigenvalue weighted by Gasteiger charge is -2.39. The molecule has 0 aliphatic carbocycles. The van der Waals surface area contributed by atoms with Gasteiger partial charge in [-0.15, -0.1) is 0 Å². The first-order chi connectivity index (χ1) is 13.3. The van der Waals surface area contributed by atoms with E-state index in [0.717, 1.165) is 24.2 Å². The van der Waals surface area contributed by atoms with Crippen molar-refractivity contribution in [3.63, 3.8) is 0 Å². The number of ether oxygens (including phenoxy) is 1. The summed E-state index contributed by atoms with van der Waals surface area (Å²) in [4.78, 5) is 41.7. The molecule has 0 radical (unpaired) electrons. The summed E-state index contributed by atoms with van der Waals surface area (Å²) in [5.74, 6) is 0.118. The molecule has 0 unspecified atom stereocenters. The van der Waals surface area contributed by atoms with E-state index in [4.69, 9.17) is 4.74 Å². The molecule has 3 rings (SSSR count). The van der Waals surface area contributed by atoms with E-state index in [1.165, 1.54) is 0 Å². The monoisotopic (exact) mass is 387 g/mol. The molecule has 3 atom stereocenters. The van der Waals surface area contributed by atoms with Crippen LogP contribution in [0.25, 0.3) is 0 Å². The Morgan fingerprint density at radius 3 is 2.32 bits per heavy atom. The molecule has 7 heteroatoms. The predicted molar refractivity (Wildman–Crippen MR) is 105 cm³/mol. The van der Waals surface area contributed by atoms with Gasteiger partial charge in [0.15, 0.2) is 0 Å². The Bertz CT molecular complexity index is 753. The van der Waals surface area contributed by atoms with Crippen molar-refractivity contribution in [2.45, 2.75) is 64.1 Å². The van der Waals surface area contributed by atoms with Crippen LogP contribution in [0.2, 0.25) is 0 Å². The summed E-state index contributed by atoms with van der Waals surface area (Å²) in [6.07, 6.45) is 3.37. The normalized spacial score (nSPS) is 27.7. The Hall–Kier alpha value is -2.57. The standard InChI is InChI=1S/C21H29N3O4/c1-5-21(16-9-11-17(28-4)12-10-16)19(26)23(20(27)22-21)13-18(25)24-14(2)7-6-8-15(24)3/h9-12,14-15H,5-8,13H2,1-4H3,(H,22,27)/t14-,15-,21-/m0/s1. The molecule has 152 valence electrons. The van der Waals surface area contributed by atoms with Crippen LogP contribution in [-0.2, 0) is 15.1 Å². The van der Waals surface area contributed by atoms with Crippen LogP contribution in [-0.4, -0.2) is 53.4 Å². The lowest BCUT2D eigenvalue weighted by molar-refractivity contribution is -0.143. The van der Waals surface area contributed by atoms with Crippen molar-refractivity contribution >= 4 is 17.8 Å². The number of rotatable bonds is 5. The molecular weight excluding hydrogens is 358 g/mol. The third-order valence-corrected chi connectivity index (χ3v) is 6.06. The number of piperidine rings is 1. The summed E-state index contributed by atoms with van der Waals surface area (Å²) < 4.78 is 5.17. The van der Waals surface area contributed by atoms with Crippen LogP contribution in [0.5, 0.6) is 5.75 Å². The Labute approximate surface area is 166 Å². The zero-order chi connectivity index (χ0) is 20.5. The maximum atomic E-state index is 13.2. The minimum atomic E-state index is -1.15. The smallest absolute Gasteiger partial charge is 0.325 e. The number of imide groups is 1. The lowest BCUT2D eigenvalue weighted by atomic mass is 9.87. The quantitative estimate of drug-likeness (QED) is 0.788. The van der Waals surface area contributed by atoms with Crippen LogP contribution in [0.4, 0.5) is 4.79 Å². The van der Waals surface area contributed by atoms with Gasteiger partial charge in [0, 0.05) is 12.1 Å². The van der Waals surface area contributed by atoms with E-state index < -0.39 is 11.6 Å². The zero-order valence-electron chi connectivity index (χ0n) is 17.0. The summed E-state index contributed by atoms with van der Waals surface area (Å²) in [5.41, 5.74) is -0.466. The SMILES string of the molecule is CC[C@@]1(c2ccc(OC)cc2)NC(=O)N(CC(=O)N2[C@@H](C)CCC[C@@H]2C)C1=O. The molecule has 0 aromatic heterocycles. The fourth-order valence-electron chi connectivity index (χ4n) is 4.41. The van der Waals surface area contributed by atoms with Gasteiger partial charge in [0.1, 0.15) is 17.8 Å². The fraction of sp³-hybridized carbons (Fsp3) is 0.571. The van der Waals surface area contributed by atoms with Crippen molar-refractivity contribution in [2.24, 2.45) is 0 Å². The number of nitrogens with one attached hydrogen (secondary N) is 1. The Morgan fingerprint density at radius 1 is 1.18 bits per heavy atom. The van der Waals surface area contributed by atoms with E-state index in [2.05, 4.69) is 5.32 Å². The molecule has 1 N–H and O–H groups in total. The van der Waals surface area contributed by atoms with Gasteiger partial charge in [-0.25, -0.2) is 4.79 Å². The molecule has 1 aromatic carbocycles. The summed E-state index contributed by atoms with van der Waals surface area (Å²) in [6.45, 7) is 5.67. The van der Waals surface area contributed by atoms with Gasteiger partial charge in [-0.1, -0.05) is 19.1 Å². The van der Waals surface area contributed by atoms with E-state index >= 15 is 0 Å². The second-order valence-corrected chi connectivity index (χ2v) is 7.74. The summed E-state index contributed by atoms with van der Waals surface area (Å²) in [7, 11) is 1.57. The van der Waals surface area contributed by atoms with Gasteiger partial charge in [0.2, 0.25) is 5.91 Å². The number of amides is 4. The van der Waals surface area contributed by atoms with Crippen molar-refractivity contribution < 1.29 is 19.1 Å². The number of hydrogen-bond donors (Lipinski definition) is 1. The summed E-state index contributed by atoms with van der Waals surface area (Å²) in [5, 5.41) is 2.83. The number of methoxy groups -OCH3 is 1. The average Bonchev–Trinajstić information content (AvgIpc) is 2.93. The van der Waals surface area contributed by atoms with Crippen LogP contribution in [0.1, 0.15) is 52.0 Å². The van der Waals surface area contributed by atoms with Crippen LogP contribution >= 0.6 is 0 Å². The number of likely N-dealkylation sites (tertiary alicyclic amines) is 1. The third-order valence-electron chi connectivity index (χ3n) is 6.06. The molecule has 0 spiro atoms. The van der Waals surface area contributed by atoms with Gasteiger partial charge in [-0.3, -0.25) is 14.5 Å². The summed E-state index contributed by atoms with van der Waals surface area (Å²) in [6, 6.07) is 6.80. The van der Waals surface area contributed by atoms with E-state index in [-0.39, 0.29) is 30.4 Å². The third kappa shape index (κ3) is 3.34. The van der Waals surface area contributed by atoms with Crippen LogP contribution in [0.15, 0.2) is 24.3 Å². The molecule has 2 aliphatic rings. The lowest BCUT2D eigenvalue weighted by Crippen LogP contribution is -2.52. The Morgan fingerprint density at radius 2 is 1.79 bits per heavy atom. The largest absolute Gasteiger partial charge is 0.497 e. The number of urea groups is 1. The molecule has 28 heavy (non-hydrogen) atoms. The molecule has 2 fully saturated rings. The topological polar surface area (TPSA) is 79.0 Å². The maximum Gasteiger partial charge on any atom is 0.325 e. The highest BCUT2D eigenvalue weighted by Gasteiger charge is 2.52. The molecule has 0 bridgehead atoms. The van der Waals surface area contributed by atoms with Gasteiger partial charge in [0.05, 0.1) is 7.11 Å². The number of hydrogen-bond acceptors (Lipinski definition) is 4. The zero-order valence-corrected chi connectivity index (χ0v) is 17.0. The molecule has 1 aromatic rings. The van der Waals surface area contributed by atoms with Gasteiger partial charge in [-0.2, -0.15) is 0 Å². The van der Waals surface area contributed by atoms with Gasteiger partial charge in [-0.05, 0) is 57.2 Å². The Kier molecular flexibility index (Phi) is 5.63. The highest BCUT2D eigenvalue weighted by atomic mass is 16.5. The van der Waals surface area contributed by atoms with E-state index in [1.54, 1.807) is 31.4 Å². The number of carbonyl (C=O) groups is 3. The molecule has 0 saturated carbocycles. The molecule has 4 amide bonds.